The number of hydrogen-bond donors (Lipinski definition) is 7. The van der Waals surface area contributed by atoms with Crippen molar-refractivity contribution in [3.63, 3.8) is 0 Å². The van der Waals surface area contributed by atoms with Crippen LogP contribution in [0.15, 0.2) is 30.3 Å². The molecule has 1 unspecified atom stereocenters. The third-order valence-corrected chi connectivity index (χ3v) is 18.8. The molecule has 3 heterocycles. The van der Waals surface area contributed by atoms with Crippen molar-refractivity contribution in [2.45, 2.75) is 277 Å². The Morgan fingerprint density at radius 3 is 1.10 bits per heavy atom. The number of ether oxygens (including phenoxy) is 16. The lowest BCUT2D eigenvalue weighted by Gasteiger charge is -2.44. The van der Waals surface area contributed by atoms with Crippen LogP contribution in [0.25, 0.3) is 0 Å². The molecule has 7 N–H and O–H groups in total. The Labute approximate surface area is 685 Å². The van der Waals surface area contributed by atoms with E-state index in [9.17, 15) is 85.7 Å². The highest BCUT2D eigenvalue weighted by Crippen LogP contribution is 2.32. The smallest absolute Gasteiger partial charge is 0.306 e. The van der Waals surface area contributed by atoms with Gasteiger partial charge >= 0.3 is 59.7 Å². The summed E-state index contributed by atoms with van der Waals surface area (Å²) < 4.78 is 105. The molecule has 4 rings (SSSR count). The Balaban J connectivity index is 1.56. The number of unbranched alkanes of at least 4 members (excludes halogenated alkanes) is 5. The number of carbonyl (C=O) groups excluding carboxylic acids is 17. The van der Waals surface area contributed by atoms with Gasteiger partial charge in [-0.05, 0) is 56.9 Å². The van der Waals surface area contributed by atoms with E-state index in [-0.39, 0.29) is 104 Å². The SMILES string of the molecule is CC(=O)N[C@H]1[C@H](OCCCCC(=O)NC[C@@H](CS(=O)C[C@H](NC(=O)CCCCO[C@@H]2O[C@H](COC(C)=O)[C@H](OC(C)=O)[C@H](OC(C)=O)[C@H]2NC(C)=O)C(=O)NCCCCCC(=O)OCc2ccccc2)NC(=O)CCCCO[C@@H]2O[C@H](COC(C)=O)[C@H](OC(C)=O)[C@H](OC(C)=O)[C@H]2NC(C)=O)O[C@H](COC(C)=O)[C@H](OC(C)=O)[C@@H]1OC(C)=O. The minimum atomic E-state index is -2.12. The van der Waals surface area contributed by atoms with Crippen LogP contribution in [0.2, 0.25) is 0 Å². The summed E-state index contributed by atoms with van der Waals surface area (Å²) in [6, 6.07) is 2.61. The summed E-state index contributed by atoms with van der Waals surface area (Å²) in [5.41, 5.74) is 0.804. The van der Waals surface area contributed by atoms with Crippen LogP contribution in [-0.2, 0) is 175 Å². The van der Waals surface area contributed by atoms with E-state index in [2.05, 4.69) is 37.2 Å². The molecular formula is C76H113N7O34S. The van der Waals surface area contributed by atoms with Crippen molar-refractivity contribution in [3.05, 3.63) is 35.9 Å². The van der Waals surface area contributed by atoms with Crippen LogP contribution in [0, 0.1) is 0 Å². The molecule has 3 fully saturated rings. The number of amides is 7. The van der Waals surface area contributed by atoms with Crippen molar-refractivity contribution in [3.8, 4) is 0 Å². The molecule has 0 saturated carbocycles. The molecule has 3 aliphatic heterocycles. The van der Waals surface area contributed by atoms with Crippen LogP contribution in [-0.4, -0.2) is 274 Å². The molecule has 1 aromatic carbocycles. The van der Waals surface area contributed by atoms with Gasteiger partial charge in [-0.2, -0.15) is 0 Å². The molecular weight excluding hydrogens is 1590 g/mol. The summed E-state index contributed by atoms with van der Waals surface area (Å²) in [6.45, 7) is 11.1. The van der Waals surface area contributed by atoms with Crippen LogP contribution < -0.4 is 37.2 Å². The Morgan fingerprint density at radius 2 is 0.737 bits per heavy atom. The normalized spacial score (nSPS) is 23.3. The van der Waals surface area contributed by atoms with Crippen molar-refractivity contribution >= 4 is 112 Å². The monoisotopic (exact) mass is 1700 g/mol. The first kappa shape index (κ1) is 100. The molecule has 0 aliphatic carbocycles. The summed E-state index contributed by atoms with van der Waals surface area (Å²) in [7, 11) is -2.12. The van der Waals surface area contributed by atoms with E-state index in [4.69, 9.17) is 75.8 Å². The third-order valence-electron chi connectivity index (χ3n) is 17.4. The van der Waals surface area contributed by atoms with Gasteiger partial charge in [0, 0.05) is 158 Å². The second-order valence-corrected chi connectivity index (χ2v) is 29.4. The van der Waals surface area contributed by atoms with Gasteiger partial charge in [-0.15, -0.1) is 0 Å². The fraction of sp³-hybridized carbons (Fsp3) is 0.697. The number of carbonyl (C=O) groups is 17. The first-order chi connectivity index (χ1) is 55.9. The Kier molecular flexibility index (Phi) is 45.6. The minimum absolute atomic E-state index is 0.0463. The summed E-state index contributed by atoms with van der Waals surface area (Å²) in [4.78, 5) is 216. The van der Waals surface area contributed by atoms with Gasteiger partial charge in [-0.25, -0.2) is 0 Å². The molecule has 3 saturated heterocycles. The fourth-order valence-corrected chi connectivity index (χ4v) is 13.9. The molecule has 662 valence electrons. The highest BCUT2D eigenvalue weighted by atomic mass is 32.2. The quantitative estimate of drug-likeness (QED) is 0.0252. The van der Waals surface area contributed by atoms with Gasteiger partial charge in [-0.1, -0.05) is 36.8 Å². The number of rotatable bonds is 50. The summed E-state index contributed by atoms with van der Waals surface area (Å²) in [5, 5.41) is 18.7. The standard InChI is InChI=1S/C76H113N7O34S/c1-42(84)79-64-70(112-51(10)93)67(109-48(7)90)57(37-105-45(4)87)115-74(64)102-32-22-18-27-60(96)78-35-55(82-61(97)28-19-23-33-103-75-65(80-43(2)85)71(113-52(11)94)68(110-49(8)91)58(116-75)38-106-46(5)88)40-118(101)41-56(73(100)77-31-21-14-17-30-63(99)108-36-54-25-15-13-16-26-54)83-62(98)29-20-24-34-104-76-66(81-44(3)86)72(114-53(12)95)69(111-50(9)92)59(117-76)39-107-47(6)89/h13,15-16,25-26,55-59,64-72,74-76H,14,17-24,27-41H2,1-12H3,(H,77,100)(H,78,96)(H,79,84)(H,80,85)(H,81,86)(H,82,97)(H,83,98)/t55-,56-,57+,58+,59+,64+,65+,66+,67-,68-,69-,70+,71+,72+,74+,75+,76+,118?/m0/s1. The van der Waals surface area contributed by atoms with Crippen molar-refractivity contribution in [2.24, 2.45) is 0 Å². The molecule has 0 bridgehead atoms. The Hall–Kier alpha value is -9.88. The molecule has 18 atom stereocenters. The van der Waals surface area contributed by atoms with Gasteiger partial charge < -0.3 is 113 Å². The summed E-state index contributed by atoms with van der Waals surface area (Å²) >= 11 is 0. The lowest BCUT2D eigenvalue weighted by Crippen LogP contribution is -2.66. The van der Waals surface area contributed by atoms with Crippen LogP contribution in [0.4, 0.5) is 0 Å². The van der Waals surface area contributed by atoms with Gasteiger partial charge in [0.25, 0.3) is 0 Å². The largest absolute Gasteiger partial charge is 0.463 e. The van der Waals surface area contributed by atoms with E-state index >= 15 is 0 Å². The topological polar surface area (TPSA) is 539 Å². The molecule has 7 amide bonds. The van der Waals surface area contributed by atoms with E-state index in [0.29, 0.717) is 19.3 Å². The first-order valence-electron chi connectivity index (χ1n) is 38.6. The predicted octanol–water partition coefficient (Wildman–Crippen LogP) is -0.230. The van der Waals surface area contributed by atoms with Gasteiger partial charge in [0.05, 0.1) is 11.8 Å². The van der Waals surface area contributed by atoms with Gasteiger partial charge in [0.15, 0.2) is 55.5 Å². The van der Waals surface area contributed by atoms with Gasteiger partial charge in [0.1, 0.15) is 68.9 Å². The van der Waals surface area contributed by atoms with E-state index in [1.165, 1.54) is 6.92 Å². The average molecular weight is 1700 g/mol. The maximum Gasteiger partial charge on any atom is 0.306 e. The molecule has 41 nitrogen and oxygen atoms in total. The molecule has 0 radical (unpaired) electrons. The molecule has 118 heavy (non-hydrogen) atoms. The molecule has 0 aromatic heterocycles. The zero-order valence-corrected chi connectivity index (χ0v) is 69.3. The first-order valence-corrected chi connectivity index (χ1v) is 40.1. The van der Waals surface area contributed by atoms with Crippen molar-refractivity contribution in [1.29, 1.82) is 0 Å². The summed E-state index contributed by atoms with van der Waals surface area (Å²) in [6.07, 6.45) is -15.1. The average Bonchev–Trinajstić information content (AvgIpc) is 0.797. The molecule has 3 aliphatic rings. The van der Waals surface area contributed by atoms with Crippen LogP contribution >= 0.6 is 0 Å². The predicted molar refractivity (Wildman–Crippen MR) is 404 cm³/mol. The third kappa shape index (κ3) is 39.6. The maximum atomic E-state index is 14.6. The molecule has 1 aromatic rings. The minimum Gasteiger partial charge on any atom is -0.463 e. The Bertz CT molecular complexity index is 3560. The highest BCUT2D eigenvalue weighted by molar-refractivity contribution is 7.85. The van der Waals surface area contributed by atoms with E-state index in [0.717, 1.165) is 81.7 Å². The van der Waals surface area contributed by atoms with Gasteiger partial charge in [-0.3, -0.25) is 85.7 Å². The van der Waals surface area contributed by atoms with Crippen molar-refractivity contribution in [2.75, 3.05) is 64.2 Å². The maximum absolute atomic E-state index is 14.6. The second-order valence-electron chi connectivity index (χ2n) is 27.9. The van der Waals surface area contributed by atoms with Gasteiger partial charge in [0.2, 0.25) is 41.4 Å². The lowest BCUT2D eigenvalue weighted by atomic mass is 9.96. The number of nitrogens with one attached hydrogen (secondary N) is 7. The zero-order valence-electron chi connectivity index (χ0n) is 68.5. The fourth-order valence-electron chi connectivity index (χ4n) is 12.5. The van der Waals surface area contributed by atoms with E-state index in [1.807, 2.05) is 30.3 Å². The zero-order chi connectivity index (χ0) is 87.6. The van der Waals surface area contributed by atoms with Crippen LogP contribution in [0.5, 0.6) is 0 Å². The van der Waals surface area contributed by atoms with Crippen LogP contribution in [0.1, 0.15) is 172 Å². The van der Waals surface area contributed by atoms with Crippen molar-refractivity contribution in [1.82, 2.24) is 37.2 Å². The second kappa shape index (κ2) is 53.5. The number of hydrogen-bond acceptors (Lipinski definition) is 34. The Morgan fingerprint density at radius 1 is 0.381 bits per heavy atom. The summed E-state index contributed by atoms with van der Waals surface area (Å²) in [5.74, 6) is -13.0. The highest BCUT2D eigenvalue weighted by Gasteiger charge is 2.54. The van der Waals surface area contributed by atoms with Crippen molar-refractivity contribution < 1.29 is 162 Å². The number of benzene rings is 1. The van der Waals surface area contributed by atoms with E-state index < -0.39 is 247 Å². The molecule has 42 heteroatoms. The molecule has 0 spiro atoms. The lowest BCUT2D eigenvalue weighted by molar-refractivity contribution is -0.277. The van der Waals surface area contributed by atoms with Crippen LogP contribution in [0.3, 0.4) is 0 Å². The number of esters is 10. The van der Waals surface area contributed by atoms with E-state index in [1.54, 1.807) is 0 Å².